The SMILES string of the molecule is COCCNCCNC(=O)C1CC(=O)N(c2cc(OC)cc(OC)c2)C1.Cl. The molecule has 1 heterocycles. The summed E-state index contributed by atoms with van der Waals surface area (Å²) in [5.41, 5.74) is 0.669. The van der Waals surface area contributed by atoms with Gasteiger partial charge in [-0.05, 0) is 0 Å². The van der Waals surface area contributed by atoms with E-state index < -0.39 is 0 Å². The number of carbonyl (C=O) groups excluding carboxylic acids is 2. The van der Waals surface area contributed by atoms with Crippen molar-refractivity contribution < 1.29 is 23.8 Å². The molecule has 1 aliphatic rings. The van der Waals surface area contributed by atoms with Crippen molar-refractivity contribution in [2.45, 2.75) is 6.42 Å². The zero-order valence-corrected chi connectivity index (χ0v) is 16.8. The van der Waals surface area contributed by atoms with Crippen LogP contribution in [0.5, 0.6) is 11.5 Å². The van der Waals surface area contributed by atoms with Gasteiger partial charge < -0.3 is 29.7 Å². The molecule has 1 atom stereocenters. The summed E-state index contributed by atoms with van der Waals surface area (Å²) in [6, 6.07) is 5.27. The van der Waals surface area contributed by atoms with E-state index in [1.807, 2.05) is 0 Å². The van der Waals surface area contributed by atoms with Crippen molar-refractivity contribution in [1.82, 2.24) is 10.6 Å². The molecule has 2 amide bonds. The van der Waals surface area contributed by atoms with Gasteiger partial charge in [0.1, 0.15) is 11.5 Å². The fraction of sp³-hybridized carbons (Fsp3) is 0.556. The summed E-state index contributed by atoms with van der Waals surface area (Å²) in [6.07, 6.45) is 0.197. The number of hydrogen-bond acceptors (Lipinski definition) is 6. The summed E-state index contributed by atoms with van der Waals surface area (Å²) in [5.74, 6) is 0.644. The van der Waals surface area contributed by atoms with Gasteiger partial charge in [-0.15, -0.1) is 12.4 Å². The lowest BCUT2D eigenvalue weighted by Gasteiger charge is -2.18. The summed E-state index contributed by atoms with van der Waals surface area (Å²) in [6.45, 7) is 2.88. The first-order chi connectivity index (χ1) is 12.6. The van der Waals surface area contributed by atoms with Gasteiger partial charge in [0.25, 0.3) is 0 Å². The number of halogens is 1. The average Bonchev–Trinajstić information content (AvgIpc) is 3.05. The van der Waals surface area contributed by atoms with Gasteiger partial charge in [-0.2, -0.15) is 0 Å². The Kier molecular flexibility index (Phi) is 9.92. The highest BCUT2D eigenvalue weighted by molar-refractivity contribution is 6.00. The van der Waals surface area contributed by atoms with Gasteiger partial charge in [0.15, 0.2) is 0 Å². The van der Waals surface area contributed by atoms with Gasteiger partial charge >= 0.3 is 0 Å². The number of hydrogen-bond donors (Lipinski definition) is 2. The number of carbonyl (C=O) groups is 2. The molecule has 9 heteroatoms. The number of anilines is 1. The molecular formula is C18H28ClN3O5. The molecule has 1 aromatic carbocycles. The van der Waals surface area contributed by atoms with E-state index in [0.717, 1.165) is 6.54 Å². The molecule has 0 radical (unpaired) electrons. The minimum Gasteiger partial charge on any atom is -0.497 e. The summed E-state index contributed by atoms with van der Waals surface area (Å²) < 4.78 is 15.4. The number of benzene rings is 1. The first kappa shape index (κ1) is 23.0. The molecule has 152 valence electrons. The molecule has 1 unspecified atom stereocenters. The average molecular weight is 402 g/mol. The summed E-state index contributed by atoms with van der Waals surface area (Å²) in [4.78, 5) is 26.3. The van der Waals surface area contributed by atoms with Crippen LogP contribution in [-0.2, 0) is 14.3 Å². The molecule has 27 heavy (non-hydrogen) atoms. The molecule has 2 rings (SSSR count). The van der Waals surface area contributed by atoms with Crippen LogP contribution in [0.1, 0.15) is 6.42 Å². The van der Waals surface area contributed by atoms with E-state index in [0.29, 0.717) is 43.4 Å². The van der Waals surface area contributed by atoms with Crippen molar-refractivity contribution in [1.29, 1.82) is 0 Å². The Morgan fingerprint density at radius 1 is 1.11 bits per heavy atom. The molecule has 1 saturated heterocycles. The Bertz CT molecular complexity index is 607. The Labute approximate surface area is 165 Å². The lowest BCUT2D eigenvalue weighted by molar-refractivity contribution is -0.126. The van der Waals surface area contributed by atoms with E-state index in [2.05, 4.69) is 10.6 Å². The zero-order valence-electron chi connectivity index (χ0n) is 15.9. The largest absolute Gasteiger partial charge is 0.497 e. The predicted octanol–water partition coefficient (Wildman–Crippen LogP) is 0.831. The third-order valence-electron chi connectivity index (χ3n) is 4.23. The Balaban J connectivity index is 0.00000364. The molecular weight excluding hydrogens is 374 g/mol. The number of rotatable bonds is 10. The summed E-state index contributed by atoms with van der Waals surface area (Å²) in [5, 5.41) is 6.02. The molecule has 1 aliphatic heterocycles. The van der Waals surface area contributed by atoms with E-state index in [1.54, 1.807) is 44.4 Å². The van der Waals surface area contributed by atoms with Crippen molar-refractivity contribution in [3.05, 3.63) is 18.2 Å². The highest BCUT2D eigenvalue weighted by atomic mass is 35.5. The zero-order chi connectivity index (χ0) is 18.9. The molecule has 8 nitrogen and oxygen atoms in total. The predicted molar refractivity (Wildman–Crippen MR) is 105 cm³/mol. The minimum absolute atomic E-state index is 0. The Morgan fingerprint density at radius 3 is 2.37 bits per heavy atom. The van der Waals surface area contributed by atoms with Crippen LogP contribution in [0.25, 0.3) is 0 Å². The van der Waals surface area contributed by atoms with E-state index in [9.17, 15) is 9.59 Å². The van der Waals surface area contributed by atoms with E-state index in [1.165, 1.54) is 0 Å². The van der Waals surface area contributed by atoms with Crippen LogP contribution < -0.4 is 25.0 Å². The van der Waals surface area contributed by atoms with E-state index in [4.69, 9.17) is 14.2 Å². The number of nitrogens with zero attached hydrogens (tertiary/aromatic N) is 1. The van der Waals surface area contributed by atoms with Crippen LogP contribution in [0.15, 0.2) is 18.2 Å². The van der Waals surface area contributed by atoms with Crippen LogP contribution >= 0.6 is 12.4 Å². The fourth-order valence-electron chi connectivity index (χ4n) is 2.80. The van der Waals surface area contributed by atoms with Gasteiger partial charge in [-0.25, -0.2) is 0 Å². The molecule has 0 bridgehead atoms. The lowest BCUT2D eigenvalue weighted by Crippen LogP contribution is -2.37. The number of methoxy groups -OCH3 is 3. The van der Waals surface area contributed by atoms with Gasteiger partial charge in [0.05, 0.1) is 32.4 Å². The second-order valence-corrected chi connectivity index (χ2v) is 6.01. The van der Waals surface area contributed by atoms with Crippen LogP contribution in [0.2, 0.25) is 0 Å². The fourth-order valence-corrected chi connectivity index (χ4v) is 2.80. The highest BCUT2D eigenvalue weighted by Gasteiger charge is 2.35. The molecule has 2 N–H and O–H groups in total. The number of ether oxygens (including phenoxy) is 3. The molecule has 1 fully saturated rings. The standard InChI is InChI=1S/C18H27N3O5.ClH/c1-24-7-6-19-4-5-20-18(23)13-8-17(22)21(12-13)14-9-15(25-2)11-16(10-14)26-3;/h9-11,13,19H,4-8,12H2,1-3H3,(H,20,23);1H. The molecule has 0 aliphatic carbocycles. The third-order valence-corrected chi connectivity index (χ3v) is 4.23. The van der Waals surface area contributed by atoms with Gasteiger partial charge in [-0.3, -0.25) is 9.59 Å². The summed E-state index contributed by atoms with van der Waals surface area (Å²) in [7, 11) is 4.76. The smallest absolute Gasteiger partial charge is 0.227 e. The normalized spacial score (nSPS) is 16.0. The van der Waals surface area contributed by atoms with Crippen molar-refractivity contribution in [2.24, 2.45) is 5.92 Å². The van der Waals surface area contributed by atoms with Crippen LogP contribution in [0.4, 0.5) is 5.69 Å². The van der Waals surface area contributed by atoms with Crippen molar-refractivity contribution in [3.63, 3.8) is 0 Å². The number of nitrogens with one attached hydrogen (secondary N) is 2. The van der Waals surface area contributed by atoms with E-state index >= 15 is 0 Å². The molecule has 1 aromatic rings. The molecule has 0 saturated carbocycles. The minimum atomic E-state index is -0.362. The maximum atomic E-state index is 12.4. The Hall–Kier alpha value is -2.03. The Morgan fingerprint density at radius 2 is 1.78 bits per heavy atom. The molecule has 0 spiro atoms. The van der Waals surface area contributed by atoms with Gasteiger partial charge in [0, 0.05) is 57.9 Å². The van der Waals surface area contributed by atoms with Crippen LogP contribution in [-0.4, -0.2) is 65.9 Å². The molecule has 0 aromatic heterocycles. The quantitative estimate of drug-likeness (QED) is 0.564. The summed E-state index contributed by atoms with van der Waals surface area (Å²) >= 11 is 0. The second-order valence-electron chi connectivity index (χ2n) is 6.01. The van der Waals surface area contributed by atoms with Gasteiger partial charge in [-0.1, -0.05) is 0 Å². The van der Waals surface area contributed by atoms with Crippen molar-refractivity contribution >= 4 is 29.9 Å². The van der Waals surface area contributed by atoms with E-state index in [-0.39, 0.29) is 36.6 Å². The highest BCUT2D eigenvalue weighted by Crippen LogP contribution is 2.32. The van der Waals surface area contributed by atoms with Crippen molar-refractivity contribution in [3.8, 4) is 11.5 Å². The lowest BCUT2D eigenvalue weighted by atomic mass is 10.1. The van der Waals surface area contributed by atoms with Crippen molar-refractivity contribution in [2.75, 3.05) is 59.0 Å². The first-order valence-corrected chi connectivity index (χ1v) is 8.59. The third kappa shape index (κ3) is 6.57. The maximum Gasteiger partial charge on any atom is 0.227 e. The number of amides is 2. The van der Waals surface area contributed by atoms with Gasteiger partial charge in [0.2, 0.25) is 11.8 Å². The van der Waals surface area contributed by atoms with Crippen LogP contribution in [0.3, 0.4) is 0 Å². The first-order valence-electron chi connectivity index (χ1n) is 8.59. The second kappa shape index (κ2) is 11.6. The monoisotopic (exact) mass is 401 g/mol. The van der Waals surface area contributed by atoms with Crippen LogP contribution in [0, 0.1) is 5.92 Å². The maximum absolute atomic E-state index is 12.4. The topological polar surface area (TPSA) is 89.1 Å².